The lowest BCUT2D eigenvalue weighted by Gasteiger charge is -2.34. The Morgan fingerprint density at radius 2 is 2.12 bits per heavy atom. The molecular weight excluding hydrogens is 234 g/mol. The van der Waals surface area contributed by atoms with E-state index in [1.165, 1.54) is 12.8 Å². The Hall–Kier alpha value is -0.220. The number of hydrogen-bond acceptors (Lipinski definition) is 3. The van der Waals surface area contributed by atoms with Crippen molar-refractivity contribution in [1.29, 1.82) is 0 Å². The van der Waals surface area contributed by atoms with E-state index in [4.69, 9.17) is 5.11 Å². The van der Waals surface area contributed by atoms with Gasteiger partial charge in [0.05, 0.1) is 11.9 Å². The quantitative estimate of drug-likeness (QED) is 0.795. The summed E-state index contributed by atoms with van der Waals surface area (Å²) in [4.78, 5) is 14.3. The predicted molar refractivity (Wildman–Crippen MR) is 73.3 cm³/mol. The molecule has 3 nitrogen and oxygen atoms in total. The number of carbonyl (C=O) groups excluding carboxylic acids is 1. The third-order valence-electron chi connectivity index (χ3n) is 3.46. The molecule has 1 rings (SSSR count). The van der Waals surface area contributed by atoms with Crippen LogP contribution in [0.3, 0.4) is 0 Å². The van der Waals surface area contributed by atoms with Gasteiger partial charge in [0.2, 0.25) is 5.91 Å². The zero-order valence-electron chi connectivity index (χ0n) is 11.0. The van der Waals surface area contributed by atoms with Gasteiger partial charge in [0.25, 0.3) is 0 Å². The van der Waals surface area contributed by atoms with Crippen molar-refractivity contribution in [3.8, 4) is 0 Å². The molecule has 1 saturated heterocycles. The molecule has 1 amide bonds. The van der Waals surface area contributed by atoms with E-state index in [1.54, 1.807) is 11.8 Å². The summed E-state index contributed by atoms with van der Waals surface area (Å²) in [7, 11) is 0. The Morgan fingerprint density at radius 1 is 1.41 bits per heavy atom. The molecule has 1 unspecified atom stereocenters. The van der Waals surface area contributed by atoms with Gasteiger partial charge in [0, 0.05) is 12.6 Å². The fourth-order valence-corrected chi connectivity index (χ4v) is 3.70. The van der Waals surface area contributed by atoms with Crippen molar-refractivity contribution < 1.29 is 9.90 Å². The molecule has 0 aromatic heterocycles. The molecule has 1 heterocycles. The van der Waals surface area contributed by atoms with Gasteiger partial charge < -0.3 is 10.0 Å². The Kier molecular flexibility index (Phi) is 6.97. The van der Waals surface area contributed by atoms with Gasteiger partial charge >= 0.3 is 0 Å². The first kappa shape index (κ1) is 14.8. The molecule has 1 aliphatic heterocycles. The molecule has 1 N–H and O–H groups in total. The van der Waals surface area contributed by atoms with Crippen molar-refractivity contribution >= 4 is 17.7 Å². The van der Waals surface area contributed by atoms with E-state index >= 15 is 0 Å². The number of rotatable bonds is 6. The van der Waals surface area contributed by atoms with Crippen LogP contribution >= 0.6 is 11.8 Å². The van der Waals surface area contributed by atoms with Gasteiger partial charge in [-0.2, -0.15) is 0 Å². The summed E-state index contributed by atoms with van der Waals surface area (Å²) >= 11 is 1.79. The summed E-state index contributed by atoms with van der Waals surface area (Å²) < 4.78 is 0. The van der Waals surface area contributed by atoms with Crippen LogP contribution in [0.25, 0.3) is 0 Å². The molecule has 1 fully saturated rings. The molecule has 17 heavy (non-hydrogen) atoms. The zero-order chi connectivity index (χ0) is 12.7. The zero-order valence-corrected chi connectivity index (χ0v) is 11.8. The first-order valence-corrected chi connectivity index (χ1v) is 7.82. The van der Waals surface area contributed by atoms with Crippen LogP contribution in [-0.4, -0.2) is 46.1 Å². The molecule has 0 bridgehead atoms. The second-order valence-electron chi connectivity index (χ2n) is 4.58. The molecule has 0 aromatic carbocycles. The molecule has 0 saturated carbocycles. The van der Waals surface area contributed by atoms with Gasteiger partial charge in [-0.1, -0.05) is 20.3 Å². The van der Waals surface area contributed by atoms with Crippen LogP contribution in [0.5, 0.6) is 0 Å². The summed E-state index contributed by atoms with van der Waals surface area (Å²) in [6, 6.07) is 0.289. The average molecular weight is 259 g/mol. The molecule has 1 atom stereocenters. The van der Waals surface area contributed by atoms with Gasteiger partial charge in [-0.3, -0.25) is 4.79 Å². The summed E-state index contributed by atoms with van der Waals surface area (Å²) in [5.41, 5.74) is 0. The van der Waals surface area contributed by atoms with Crippen LogP contribution in [0.2, 0.25) is 0 Å². The van der Waals surface area contributed by atoms with Crippen LogP contribution in [0.1, 0.15) is 46.0 Å². The van der Waals surface area contributed by atoms with Gasteiger partial charge in [0.15, 0.2) is 0 Å². The van der Waals surface area contributed by atoms with Crippen LogP contribution in [0.4, 0.5) is 0 Å². The second-order valence-corrected chi connectivity index (χ2v) is 5.89. The topological polar surface area (TPSA) is 40.5 Å². The van der Waals surface area contributed by atoms with E-state index in [-0.39, 0.29) is 23.8 Å². The maximum absolute atomic E-state index is 12.4. The van der Waals surface area contributed by atoms with Crippen molar-refractivity contribution in [3.05, 3.63) is 0 Å². The van der Waals surface area contributed by atoms with Gasteiger partial charge in [-0.25, -0.2) is 0 Å². The number of nitrogens with zero attached hydrogens (tertiary/aromatic N) is 1. The number of aliphatic hydroxyl groups excluding tert-OH is 1. The standard InChI is InChI=1S/C13H25NO2S/c1-3-11(4-2)14(8-9-15)13(16)12-7-5-6-10-17-12/h11-12,15H,3-10H2,1-2H3. The Labute approximate surface area is 109 Å². The molecule has 0 aromatic rings. The van der Waals surface area contributed by atoms with E-state index in [2.05, 4.69) is 13.8 Å². The van der Waals surface area contributed by atoms with Crippen LogP contribution < -0.4 is 0 Å². The minimum absolute atomic E-state index is 0.0691. The molecule has 100 valence electrons. The van der Waals surface area contributed by atoms with E-state index < -0.39 is 0 Å². The summed E-state index contributed by atoms with van der Waals surface area (Å²) in [6.45, 7) is 4.78. The highest BCUT2D eigenvalue weighted by Crippen LogP contribution is 2.27. The van der Waals surface area contributed by atoms with E-state index in [0.29, 0.717) is 6.54 Å². The summed E-state index contributed by atoms with van der Waals surface area (Å²) in [5.74, 6) is 1.35. The Balaban J connectivity index is 2.63. The largest absolute Gasteiger partial charge is 0.395 e. The molecule has 0 aliphatic carbocycles. The number of carbonyl (C=O) groups is 1. The van der Waals surface area contributed by atoms with Crippen molar-refractivity contribution in [3.63, 3.8) is 0 Å². The van der Waals surface area contributed by atoms with Gasteiger partial charge in [-0.05, 0) is 31.4 Å². The highest BCUT2D eigenvalue weighted by molar-refractivity contribution is 8.00. The molecular formula is C13H25NO2S. The second kappa shape index (κ2) is 7.98. The Bertz CT molecular complexity index is 225. The maximum Gasteiger partial charge on any atom is 0.236 e. The minimum Gasteiger partial charge on any atom is -0.395 e. The van der Waals surface area contributed by atoms with Gasteiger partial charge in [-0.15, -0.1) is 11.8 Å². The number of aliphatic hydroxyl groups is 1. The average Bonchev–Trinajstić information content (AvgIpc) is 2.39. The molecule has 0 spiro atoms. The number of hydrogen-bond donors (Lipinski definition) is 1. The fourth-order valence-electron chi connectivity index (χ4n) is 2.43. The lowest BCUT2D eigenvalue weighted by molar-refractivity contribution is -0.133. The third-order valence-corrected chi connectivity index (χ3v) is 4.83. The molecule has 1 aliphatic rings. The minimum atomic E-state index is 0.0691. The lowest BCUT2D eigenvalue weighted by Crippen LogP contribution is -2.46. The van der Waals surface area contributed by atoms with Crippen LogP contribution in [-0.2, 0) is 4.79 Å². The Morgan fingerprint density at radius 3 is 2.59 bits per heavy atom. The smallest absolute Gasteiger partial charge is 0.236 e. The summed E-state index contributed by atoms with van der Waals surface area (Å²) in [6.07, 6.45) is 5.35. The van der Waals surface area contributed by atoms with Crippen LogP contribution in [0.15, 0.2) is 0 Å². The van der Waals surface area contributed by atoms with E-state index in [0.717, 1.165) is 25.0 Å². The van der Waals surface area contributed by atoms with Crippen LogP contribution in [0, 0.1) is 0 Å². The monoisotopic (exact) mass is 259 g/mol. The SMILES string of the molecule is CCC(CC)N(CCO)C(=O)C1CCCCS1. The summed E-state index contributed by atoms with van der Waals surface area (Å²) in [5, 5.41) is 9.26. The van der Waals surface area contributed by atoms with Crippen molar-refractivity contribution in [1.82, 2.24) is 4.90 Å². The lowest BCUT2D eigenvalue weighted by atomic mass is 10.1. The highest BCUT2D eigenvalue weighted by atomic mass is 32.2. The predicted octanol–water partition coefficient (Wildman–Crippen LogP) is 2.28. The maximum atomic E-state index is 12.4. The highest BCUT2D eigenvalue weighted by Gasteiger charge is 2.29. The van der Waals surface area contributed by atoms with E-state index in [9.17, 15) is 4.79 Å². The molecule has 0 radical (unpaired) electrons. The molecule has 4 heteroatoms. The van der Waals surface area contributed by atoms with E-state index in [1.807, 2.05) is 4.90 Å². The van der Waals surface area contributed by atoms with Crippen molar-refractivity contribution in [2.24, 2.45) is 0 Å². The van der Waals surface area contributed by atoms with Gasteiger partial charge in [0.1, 0.15) is 0 Å². The fraction of sp³-hybridized carbons (Fsp3) is 0.923. The first-order valence-electron chi connectivity index (χ1n) is 6.77. The number of amides is 1. The van der Waals surface area contributed by atoms with Crippen molar-refractivity contribution in [2.75, 3.05) is 18.9 Å². The number of thioether (sulfide) groups is 1. The van der Waals surface area contributed by atoms with Crippen molar-refractivity contribution in [2.45, 2.75) is 57.2 Å². The third kappa shape index (κ3) is 4.18. The normalized spacial score (nSPS) is 20.6. The first-order chi connectivity index (χ1) is 8.24.